The van der Waals surface area contributed by atoms with Crippen molar-refractivity contribution in [3.05, 3.63) is 64.6 Å². The van der Waals surface area contributed by atoms with Crippen molar-refractivity contribution >= 4 is 22.1 Å². The molecule has 0 aliphatic heterocycles. The van der Waals surface area contributed by atoms with Gasteiger partial charge in [0.15, 0.2) is 0 Å². The molecule has 1 aromatic carbocycles. The molecule has 0 bridgehead atoms. The fourth-order valence-corrected chi connectivity index (χ4v) is 4.18. The zero-order valence-electron chi connectivity index (χ0n) is 12.8. The van der Waals surface area contributed by atoms with E-state index in [1.807, 2.05) is 24.4 Å². The van der Waals surface area contributed by atoms with Crippen molar-refractivity contribution < 1.29 is 13.0 Å². The summed E-state index contributed by atoms with van der Waals surface area (Å²) in [5, 5.41) is 1.55. The first kappa shape index (κ1) is 16.1. The molecule has 0 radical (unpaired) electrons. The van der Waals surface area contributed by atoms with Crippen LogP contribution < -0.4 is 0 Å². The Kier molecular flexibility index (Phi) is 4.73. The molecule has 3 nitrogen and oxygen atoms in total. The first-order valence-corrected chi connectivity index (χ1v) is 9.44. The molecule has 120 valence electrons. The van der Waals surface area contributed by atoms with E-state index in [0.29, 0.717) is 22.9 Å². The first-order chi connectivity index (χ1) is 11.1. The van der Waals surface area contributed by atoms with E-state index in [9.17, 15) is 8.60 Å². The number of rotatable bonds is 5. The topological polar surface area (TPSA) is 43.1 Å². The summed E-state index contributed by atoms with van der Waals surface area (Å²) in [4.78, 5) is 5.38. The maximum atomic E-state index is 13.8. The van der Waals surface area contributed by atoms with Gasteiger partial charge in [0.2, 0.25) is 5.89 Å². The third-order valence-corrected chi connectivity index (χ3v) is 6.10. The summed E-state index contributed by atoms with van der Waals surface area (Å²) in [7, 11) is -1.28. The van der Waals surface area contributed by atoms with Gasteiger partial charge in [0.25, 0.3) is 0 Å². The summed E-state index contributed by atoms with van der Waals surface area (Å²) in [6, 6.07) is 10.3. The van der Waals surface area contributed by atoms with Gasteiger partial charge in [-0.15, -0.1) is 11.3 Å². The maximum absolute atomic E-state index is 13.8. The Hall–Kier alpha value is -1.79. The van der Waals surface area contributed by atoms with Crippen molar-refractivity contribution in [2.45, 2.75) is 24.9 Å². The van der Waals surface area contributed by atoms with Crippen LogP contribution in [-0.4, -0.2) is 9.19 Å². The highest BCUT2D eigenvalue weighted by atomic mass is 32.2. The molecule has 2 aromatic heterocycles. The molecule has 0 fully saturated rings. The van der Waals surface area contributed by atoms with Crippen molar-refractivity contribution in [3.63, 3.8) is 0 Å². The summed E-state index contributed by atoms with van der Waals surface area (Å²) in [5.74, 6) is 1.12. The van der Waals surface area contributed by atoms with Gasteiger partial charge in [0.1, 0.15) is 11.6 Å². The van der Waals surface area contributed by atoms with Crippen LogP contribution in [0.15, 0.2) is 46.2 Å². The molecule has 0 spiro atoms. The smallest absolute Gasteiger partial charge is 0.236 e. The van der Waals surface area contributed by atoms with E-state index in [0.717, 1.165) is 4.88 Å². The van der Waals surface area contributed by atoms with Gasteiger partial charge >= 0.3 is 0 Å². The van der Waals surface area contributed by atoms with E-state index in [4.69, 9.17) is 4.42 Å². The molecule has 0 aliphatic rings. The highest BCUT2D eigenvalue weighted by Crippen LogP contribution is 2.29. The van der Waals surface area contributed by atoms with E-state index in [1.165, 1.54) is 6.07 Å². The normalized spacial score (nSPS) is 13.9. The standard InChI is InChI=1S/C17H16FNO2S2/c1-11-15(19-17(21-11)16-8-5-9-22-16)10-23(20)12(2)13-6-3-4-7-14(13)18/h3-9,12H,10H2,1-2H3/t12-,23-/m0/s1. The third-order valence-electron chi connectivity index (χ3n) is 3.64. The third kappa shape index (κ3) is 3.43. The van der Waals surface area contributed by atoms with Gasteiger partial charge in [-0.1, -0.05) is 24.3 Å². The summed E-state index contributed by atoms with van der Waals surface area (Å²) >= 11 is 1.54. The minimum absolute atomic E-state index is 0.246. The minimum atomic E-state index is -1.28. The van der Waals surface area contributed by atoms with E-state index in [-0.39, 0.29) is 11.6 Å². The van der Waals surface area contributed by atoms with E-state index in [2.05, 4.69) is 4.98 Å². The molecule has 3 aromatic rings. The predicted octanol–water partition coefficient (Wildman–Crippen LogP) is 4.86. The fourth-order valence-electron chi connectivity index (χ4n) is 2.27. The van der Waals surface area contributed by atoms with Gasteiger partial charge in [-0.2, -0.15) is 0 Å². The highest BCUT2D eigenvalue weighted by molar-refractivity contribution is 7.84. The van der Waals surface area contributed by atoms with Crippen LogP contribution in [0.5, 0.6) is 0 Å². The lowest BCUT2D eigenvalue weighted by molar-refractivity contribution is 0.541. The Morgan fingerprint density at radius 3 is 2.78 bits per heavy atom. The van der Waals surface area contributed by atoms with Crippen LogP contribution >= 0.6 is 11.3 Å². The highest BCUT2D eigenvalue weighted by Gasteiger charge is 2.21. The SMILES string of the molecule is Cc1oc(-c2cccs2)nc1C[S@](=O)[C@@H](C)c1ccccc1F. The molecular weight excluding hydrogens is 333 g/mol. The number of nitrogens with zero attached hydrogens (tertiary/aromatic N) is 1. The molecule has 0 aliphatic carbocycles. The lowest BCUT2D eigenvalue weighted by Crippen LogP contribution is -2.08. The summed E-state index contributed by atoms with van der Waals surface area (Å²) in [5.41, 5.74) is 1.13. The Balaban J connectivity index is 1.79. The van der Waals surface area contributed by atoms with E-state index >= 15 is 0 Å². The molecule has 2 atom stereocenters. The lowest BCUT2D eigenvalue weighted by Gasteiger charge is -2.11. The van der Waals surface area contributed by atoms with Crippen molar-refractivity contribution in [2.75, 3.05) is 0 Å². The average Bonchev–Trinajstić information content (AvgIpc) is 3.17. The number of thiophene rings is 1. The number of hydrogen-bond donors (Lipinski definition) is 0. The van der Waals surface area contributed by atoms with Crippen LogP contribution in [-0.2, 0) is 16.6 Å². The number of halogens is 1. The second kappa shape index (κ2) is 6.76. The Morgan fingerprint density at radius 2 is 2.09 bits per heavy atom. The zero-order chi connectivity index (χ0) is 16.4. The summed E-state index contributed by atoms with van der Waals surface area (Å²) < 4.78 is 32.1. The van der Waals surface area contributed by atoms with Crippen LogP contribution in [0.2, 0.25) is 0 Å². The Morgan fingerprint density at radius 1 is 1.30 bits per heavy atom. The van der Waals surface area contributed by atoms with Crippen LogP contribution in [0.3, 0.4) is 0 Å². The molecule has 3 rings (SSSR count). The number of aryl methyl sites for hydroxylation is 1. The first-order valence-electron chi connectivity index (χ1n) is 7.18. The zero-order valence-corrected chi connectivity index (χ0v) is 14.4. The summed E-state index contributed by atoms with van der Waals surface area (Å²) in [6.45, 7) is 3.58. The molecule has 0 saturated carbocycles. The van der Waals surface area contributed by atoms with Crippen molar-refractivity contribution in [2.24, 2.45) is 0 Å². The molecule has 23 heavy (non-hydrogen) atoms. The summed E-state index contributed by atoms with van der Waals surface area (Å²) in [6.07, 6.45) is 0. The number of aromatic nitrogens is 1. The van der Waals surface area contributed by atoms with Crippen molar-refractivity contribution in [3.8, 4) is 10.8 Å². The predicted molar refractivity (Wildman–Crippen MR) is 91.2 cm³/mol. The van der Waals surface area contributed by atoms with Crippen LogP contribution in [0.4, 0.5) is 4.39 Å². The average molecular weight is 349 g/mol. The second-order valence-corrected chi connectivity index (χ2v) is 7.89. The Bertz CT molecular complexity index is 827. The van der Waals surface area contributed by atoms with Crippen molar-refractivity contribution in [1.29, 1.82) is 0 Å². The number of oxazole rings is 1. The van der Waals surface area contributed by atoms with E-state index < -0.39 is 16.0 Å². The van der Waals surface area contributed by atoms with Crippen LogP contribution in [0.25, 0.3) is 10.8 Å². The van der Waals surface area contributed by atoms with Crippen LogP contribution in [0.1, 0.15) is 29.2 Å². The lowest BCUT2D eigenvalue weighted by atomic mass is 10.1. The van der Waals surface area contributed by atoms with Crippen molar-refractivity contribution in [1.82, 2.24) is 4.98 Å². The van der Waals surface area contributed by atoms with Gasteiger partial charge in [0, 0.05) is 16.4 Å². The largest absolute Gasteiger partial charge is 0.440 e. The minimum Gasteiger partial charge on any atom is -0.440 e. The number of benzene rings is 1. The number of hydrogen-bond acceptors (Lipinski definition) is 4. The quantitative estimate of drug-likeness (QED) is 0.660. The molecule has 0 N–H and O–H groups in total. The van der Waals surface area contributed by atoms with Gasteiger partial charge in [-0.3, -0.25) is 4.21 Å². The van der Waals surface area contributed by atoms with Gasteiger partial charge in [0.05, 0.1) is 21.6 Å². The molecule has 0 amide bonds. The molecule has 6 heteroatoms. The van der Waals surface area contributed by atoms with Gasteiger partial charge < -0.3 is 4.42 Å². The van der Waals surface area contributed by atoms with Gasteiger partial charge in [-0.25, -0.2) is 9.37 Å². The molecular formula is C17H16FNO2S2. The van der Waals surface area contributed by atoms with Gasteiger partial charge in [-0.05, 0) is 31.4 Å². The van der Waals surface area contributed by atoms with E-state index in [1.54, 1.807) is 36.5 Å². The monoisotopic (exact) mass is 349 g/mol. The second-order valence-electron chi connectivity index (χ2n) is 5.19. The molecule has 2 heterocycles. The fraction of sp³-hybridized carbons (Fsp3) is 0.235. The Labute approximate surface area is 140 Å². The molecule has 0 unspecified atom stereocenters. The van der Waals surface area contributed by atoms with Crippen LogP contribution in [0, 0.1) is 12.7 Å². The molecule has 0 saturated heterocycles. The maximum Gasteiger partial charge on any atom is 0.236 e.